The van der Waals surface area contributed by atoms with Gasteiger partial charge in [-0.1, -0.05) is 25.5 Å². The van der Waals surface area contributed by atoms with Crippen LogP contribution in [-0.2, 0) is 25.8 Å². The minimum Gasteiger partial charge on any atom is -0.481 e. The Labute approximate surface area is 135 Å². The van der Waals surface area contributed by atoms with Crippen LogP contribution in [0.4, 0.5) is 5.69 Å². The zero-order valence-electron chi connectivity index (χ0n) is 13.0. The summed E-state index contributed by atoms with van der Waals surface area (Å²) in [6.07, 6.45) is 2.12. The van der Waals surface area contributed by atoms with Crippen molar-refractivity contribution in [3.63, 3.8) is 0 Å². The van der Waals surface area contributed by atoms with Crippen LogP contribution in [0, 0.1) is 5.92 Å². The molecule has 0 radical (unpaired) electrons. The Morgan fingerprint density at radius 2 is 1.91 bits per heavy atom. The van der Waals surface area contributed by atoms with Gasteiger partial charge in [0.05, 0.1) is 11.7 Å². The summed E-state index contributed by atoms with van der Waals surface area (Å²) in [7, 11) is -3.35. The molecule has 2 atom stereocenters. The van der Waals surface area contributed by atoms with Crippen LogP contribution in [0.25, 0.3) is 0 Å². The number of carbonyl (C=O) groups is 2. The van der Waals surface area contributed by atoms with E-state index in [9.17, 15) is 18.0 Å². The molecule has 23 heavy (non-hydrogen) atoms. The van der Waals surface area contributed by atoms with Gasteiger partial charge in [0.1, 0.15) is 5.25 Å². The van der Waals surface area contributed by atoms with E-state index in [1.165, 1.54) is 0 Å². The summed E-state index contributed by atoms with van der Waals surface area (Å²) in [6, 6.07) is 6.81. The van der Waals surface area contributed by atoms with Crippen LogP contribution in [0.2, 0.25) is 0 Å². The van der Waals surface area contributed by atoms with Crippen LogP contribution in [0.5, 0.6) is 0 Å². The highest BCUT2D eigenvalue weighted by molar-refractivity contribution is 7.92. The van der Waals surface area contributed by atoms with Crippen LogP contribution < -0.4 is 5.32 Å². The topological polar surface area (TPSA) is 101 Å². The smallest absolute Gasteiger partial charge is 0.306 e. The molecule has 6 nitrogen and oxygen atoms in total. The summed E-state index contributed by atoms with van der Waals surface area (Å²) in [4.78, 5) is 23.0. The first-order valence-corrected chi connectivity index (χ1v) is 9.35. The molecule has 1 fully saturated rings. The Balaban J connectivity index is 2.00. The number of sulfone groups is 1. The first-order valence-electron chi connectivity index (χ1n) is 7.64. The number of carbonyl (C=O) groups excluding carboxylic acids is 1. The van der Waals surface area contributed by atoms with E-state index < -0.39 is 32.9 Å². The fourth-order valence-corrected chi connectivity index (χ4v) is 4.44. The van der Waals surface area contributed by atoms with E-state index in [0.29, 0.717) is 24.9 Å². The van der Waals surface area contributed by atoms with Crippen molar-refractivity contribution < 1.29 is 23.1 Å². The van der Waals surface area contributed by atoms with Gasteiger partial charge in [-0.3, -0.25) is 9.59 Å². The first-order chi connectivity index (χ1) is 10.8. The van der Waals surface area contributed by atoms with Crippen LogP contribution in [0.1, 0.15) is 31.7 Å². The van der Waals surface area contributed by atoms with Crippen molar-refractivity contribution in [1.29, 1.82) is 0 Å². The molecule has 1 aliphatic rings. The fourth-order valence-electron chi connectivity index (χ4n) is 2.64. The lowest BCUT2D eigenvalue weighted by Crippen LogP contribution is -2.39. The number of carboxylic acids is 1. The number of benzene rings is 1. The van der Waals surface area contributed by atoms with Gasteiger partial charge in [0, 0.05) is 5.69 Å². The molecule has 0 bridgehead atoms. The molecule has 1 saturated heterocycles. The molecule has 0 aromatic heterocycles. The standard InChI is InChI=1S/C16H21NO5S/c1-11(16(19)20)10-12-5-7-13(8-6-12)17-15(18)14-4-2-3-9-23(14,21)22/h5-8,11,14H,2-4,9-10H2,1H3,(H,17,18)(H,19,20). The second kappa shape index (κ2) is 7.12. The van der Waals surface area contributed by atoms with Crippen molar-refractivity contribution >= 4 is 27.4 Å². The van der Waals surface area contributed by atoms with Gasteiger partial charge >= 0.3 is 5.97 Å². The predicted octanol–water partition coefficient (Wildman–Crippen LogP) is 1.86. The lowest BCUT2D eigenvalue weighted by Gasteiger charge is -2.21. The normalized spacial score (nSPS) is 21.3. The average molecular weight is 339 g/mol. The average Bonchev–Trinajstić information content (AvgIpc) is 2.48. The zero-order chi connectivity index (χ0) is 17.0. The van der Waals surface area contributed by atoms with Gasteiger partial charge in [0.15, 0.2) is 9.84 Å². The summed E-state index contributed by atoms with van der Waals surface area (Å²) < 4.78 is 23.9. The molecule has 1 aromatic rings. The third kappa shape index (κ3) is 4.54. The van der Waals surface area contributed by atoms with Crippen LogP contribution in [-0.4, -0.2) is 36.4 Å². The number of aliphatic carboxylic acids is 1. The molecule has 2 N–H and O–H groups in total. The highest BCUT2D eigenvalue weighted by Gasteiger charge is 2.34. The van der Waals surface area contributed by atoms with Crippen molar-refractivity contribution in [2.45, 2.75) is 37.9 Å². The van der Waals surface area contributed by atoms with Gasteiger partial charge in [-0.05, 0) is 37.0 Å². The van der Waals surface area contributed by atoms with Crippen molar-refractivity contribution in [3.05, 3.63) is 29.8 Å². The molecule has 1 amide bonds. The van der Waals surface area contributed by atoms with Crippen molar-refractivity contribution in [2.75, 3.05) is 11.1 Å². The van der Waals surface area contributed by atoms with E-state index in [0.717, 1.165) is 12.0 Å². The van der Waals surface area contributed by atoms with E-state index in [4.69, 9.17) is 5.11 Å². The molecule has 2 rings (SSSR count). The van der Waals surface area contributed by atoms with E-state index >= 15 is 0 Å². The second-order valence-corrected chi connectivity index (χ2v) is 8.28. The number of hydrogen-bond donors (Lipinski definition) is 2. The fraction of sp³-hybridized carbons (Fsp3) is 0.500. The molecule has 1 aliphatic heterocycles. The monoisotopic (exact) mass is 339 g/mol. The molecule has 0 spiro atoms. The first kappa shape index (κ1) is 17.5. The third-order valence-corrected chi connectivity index (χ3v) is 6.23. The molecule has 0 saturated carbocycles. The van der Waals surface area contributed by atoms with Crippen LogP contribution in [0.3, 0.4) is 0 Å². The zero-order valence-corrected chi connectivity index (χ0v) is 13.8. The lowest BCUT2D eigenvalue weighted by atomic mass is 10.0. The molecule has 1 aromatic carbocycles. The van der Waals surface area contributed by atoms with E-state index in [-0.39, 0.29) is 5.75 Å². The lowest BCUT2D eigenvalue weighted by molar-refractivity contribution is -0.141. The Kier molecular flexibility index (Phi) is 5.41. The van der Waals surface area contributed by atoms with E-state index in [1.807, 2.05) is 0 Å². The summed E-state index contributed by atoms with van der Waals surface area (Å²) in [5, 5.41) is 10.6. The summed E-state index contributed by atoms with van der Waals surface area (Å²) in [5.41, 5.74) is 1.37. The number of anilines is 1. The minimum absolute atomic E-state index is 0.0666. The highest BCUT2D eigenvalue weighted by Crippen LogP contribution is 2.21. The molecule has 7 heteroatoms. The van der Waals surface area contributed by atoms with E-state index in [1.54, 1.807) is 31.2 Å². The third-order valence-electron chi connectivity index (χ3n) is 4.06. The molecule has 126 valence electrons. The summed E-state index contributed by atoms with van der Waals surface area (Å²) >= 11 is 0. The molecule has 0 aliphatic carbocycles. The van der Waals surface area contributed by atoms with Gasteiger partial charge in [0.25, 0.3) is 0 Å². The molecular weight excluding hydrogens is 318 g/mol. The van der Waals surface area contributed by atoms with E-state index in [2.05, 4.69) is 5.32 Å². The van der Waals surface area contributed by atoms with Gasteiger partial charge in [-0.25, -0.2) is 8.42 Å². The number of amides is 1. The van der Waals surface area contributed by atoms with Crippen LogP contribution in [0.15, 0.2) is 24.3 Å². The number of carboxylic acid groups (broad SMARTS) is 1. The van der Waals surface area contributed by atoms with Gasteiger partial charge < -0.3 is 10.4 Å². The van der Waals surface area contributed by atoms with Crippen LogP contribution >= 0.6 is 0 Å². The largest absolute Gasteiger partial charge is 0.481 e. The summed E-state index contributed by atoms with van der Waals surface area (Å²) in [6.45, 7) is 1.63. The SMILES string of the molecule is CC(Cc1ccc(NC(=O)C2CCCCS2(=O)=O)cc1)C(=O)O. The molecule has 1 heterocycles. The highest BCUT2D eigenvalue weighted by atomic mass is 32.2. The maximum Gasteiger partial charge on any atom is 0.306 e. The van der Waals surface area contributed by atoms with Crippen molar-refractivity contribution in [2.24, 2.45) is 5.92 Å². The number of hydrogen-bond acceptors (Lipinski definition) is 4. The minimum atomic E-state index is -3.35. The maximum atomic E-state index is 12.2. The Hall–Kier alpha value is -1.89. The van der Waals surface area contributed by atoms with Crippen molar-refractivity contribution in [3.8, 4) is 0 Å². The number of nitrogens with one attached hydrogen (secondary N) is 1. The van der Waals surface area contributed by atoms with Gasteiger partial charge in [0.2, 0.25) is 5.91 Å². The quantitative estimate of drug-likeness (QED) is 0.853. The van der Waals surface area contributed by atoms with Crippen molar-refractivity contribution in [1.82, 2.24) is 0 Å². The molecular formula is C16H21NO5S. The molecule has 2 unspecified atom stereocenters. The number of rotatable bonds is 5. The Morgan fingerprint density at radius 1 is 1.26 bits per heavy atom. The Morgan fingerprint density at radius 3 is 2.48 bits per heavy atom. The van der Waals surface area contributed by atoms with Gasteiger partial charge in [-0.15, -0.1) is 0 Å². The predicted molar refractivity (Wildman–Crippen MR) is 87.0 cm³/mol. The maximum absolute atomic E-state index is 12.2. The second-order valence-electron chi connectivity index (χ2n) is 5.98. The van der Waals surface area contributed by atoms with Gasteiger partial charge in [-0.2, -0.15) is 0 Å². The Bertz CT molecular complexity index is 681. The summed E-state index contributed by atoms with van der Waals surface area (Å²) in [5.74, 6) is -1.76.